The fourth-order valence-electron chi connectivity index (χ4n) is 4.18. The molecule has 0 radical (unpaired) electrons. The normalized spacial score (nSPS) is 12.1. The second kappa shape index (κ2) is 11.2. The summed E-state index contributed by atoms with van der Waals surface area (Å²) in [5.74, 6) is 0.706. The minimum atomic E-state index is -0.262. The molecule has 0 unspecified atom stereocenters. The third-order valence-corrected chi connectivity index (χ3v) is 7.00. The molecular formula is C29H28N4O5S. The number of amides is 2. The molecule has 9 nitrogen and oxygen atoms in total. The number of hydrogen-bond acceptors (Lipinski definition) is 7. The molecule has 1 aliphatic heterocycles. The lowest BCUT2D eigenvalue weighted by atomic mass is 10.1. The molecule has 0 aliphatic carbocycles. The van der Waals surface area contributed by atoms with Crippen molar-refractivity contribution >= 4 is 40.2 Å². The van der Waals surface area contributed by atoms with E-state index >= 15 is 0 Å². The Morgan fingerprint density at radius 3 is 2.51 bits per heavy atom. The van der Waals surface area contributed by atoms with Crippen LogP contribution in [0.1, 0.15) is 35.3 Å². The number of rotatable bonds is 8. The van der Waals surface area contributed by atoms with E-state index in [9.17, 15) is 14.4 Å². The fraction of sp³-hybridized carbons (Fsp3) is 0.241. The van der Waals surface area contributed by atoms with Crippen LogP contribution in [-0.2, 0) is 11.3 Å². The molecule has 1 aliphatic rings. The molecule has 3 aromatic carbocycles. The molecule has 4 aromatic rings. The Kier molecular flexibility index (Phi) is 7.56. The van der Waals surface area contributed by atoms with Crippen molar-refractivity contribution in [2.24, 2.45) is 0 Å². The van der Waals surface area contributed by atoms with Gasteiger partial charge in [-0.15, -0.1) is 0 Å². The topological polar surface area (TPSA) is 112 Å². The van der Waals surface area contributed by atoms with Crippen LogP contribution < -0.4 is 25.7 Å². The SMILES string of the molecule is Cc1cccc(NC(=O)CSc2nc3cc4c(cc3c(=O)n2Cc2ccc(C(=O)NC(C)C)cc2)OCO4)c1. The van der Waals surface area contributed by atoms with E-state index in [1.807, 2.05) is 57.2 Å². The first-order valence-corrected chi connectivity index (χ1v) is 13.5. The molecule has 2 heterocycles. The summed E-state index contributed by atoms with van der Waals surface area (Å²) in [5, 5.41) is 6.54. The van der Waals surface area contributed by atoms with Crippen molar-refractivity contribution in [3.05, 3.63) is 87.7 Å². The van der Waals surface area contributed by atoms with Crippen molar-refractivity contribution in [3.8, 4) is 11.5 Å². The zero-order chi connectivity index (χ0) is 27.5. The van der Waals surface area contributed by atoms with Gasteiger partial charge >= 0.3 is 0 Å². The van der Waals surface area contributed by atoms with Crippen LogP contribution in [0.3, 0.4) is 0 Å². The van der Waals surface area contributed by atoms with Crippen LogP contribution in [0.4, 0.5) is 5.69 Å². The Labute approximate surface area is 229 Å². The standard InChI is InChI=1S/C29H28N4O5S/c1-17(2)30-27(35)20-9-7-19(8-10-20)14-33-28(36)22-12-24-25(38-16-37-24)13-23(22)32-29(33)39-15-26(34)31-21-6-4-5-18(3)11-21/h4-13,17H,14-16H2,1-3H3,(H,30,35)(H,31,34). The average molecular weight is 545 g/mol. The second-order valence-electron chi connectivity index (χ2n) is 9.54. The van der Waals surface area contributed by atoms with Crippen molar-refractivity contribution in [1.82, 2.24) is 14.9 Å². The highest BCUT2D eigenvalue weighted by atomic mass is 32.2. The van der Waals surface area contributed by atoms with E-state index < -0.39 is 0 Å². The number of aromatic nitrogens is 2. The average Bonchev–Trinajstić information content (AvgIpc) is 3.36. The molecule has 0 atom stereocenters. The quantitative estimate of drug-likeness (QED) is 0.251. The number of ether oxygens (including phenoxy) is 2. The van der Waals surface area contributed by atoms with Gasteiger partial charge < -0.3 is 20.1 Å². The highest BCUT2D eigenvalue weighted by molar-refractivity contribution is 7.99. The molecule has 200 valence electrons. The van der Waals surface area contributed by atoms with E-state index in [0.717, 1.165) is 11.1 Å². The molecule has 2 N–H and O–H groups in total. The summed E-state index contributed by atoms with van der Waals surface area (Å²) in [4.78, 5) is 43.5. The van der Waals surface area contributed by atoms with Crippen molar-refractivity contribution in [3.63, 3.8) is 0 Å². The summed E-state index contributed by atoms with van der Waals surface area (Å²) in [5.41, 5.74) is 3.29. The summed E-state index contributed by atoms with van der Waals surface area (Å²) in [6, 6.07) is 18.0. The van der Waals surface area contributed by atoms with E-state index in [-0.39, 0.29) is 42.5 Å². The number of fused-ring (bicyclic) bond motifs is 2. The van der Waals surface area contributed by atoms with Gasteiger partial charge in [0.05, 0.1) is 23.2 Å². The minimum absolute atomic E-state index is 0.0259. The predicted molar refractivity (Wildman–Crippen MR) is 151 cm³/mol. The van der Waals surface area contributed by atoms with E-state index in [1.54, 1.807) is 28.8 Å². The maximum Gasteiger partial charge on any atom is 0.262 e. The Balaban J connectivity index is 1.44. The number of carbonyl (C=O) groups is 2. The largest absolute Gasteiger partial charge is 0.454 e. The molecule has 2 amide bonds. The second-order valence-corrected chi connectivity index (χ2v) is 10.5. The molecule has 0 saturated carbocycles. The number of carbonyl (C=O) groups excluding carboxylic acids is 2. The Morgan fingerprint density at radius 2 is 1.79 bits per heavy atom. The van der Waals surface area contributed by atoms with E-state index in [2.05, 4.69) is 10.6 Å². The van der Waals surface area contributed by atoms with Crippen LogP contribution in [0.25, 0.3) is 10.9 Å². The zero-order valence-corrected chi connectivity index (χ0v) is 22.6. The van der Waals surface area contributed by atoms with Gasteiger partial charge in [0.15, 0.2) is 16.7 Å². The molecule has 39 heavy (non-hydrogen) atoms. The van der Waals surface area contributed by atoms with Crippen molar-refractivity contribution in [2.75, 3.05) is 17.9 Å². The fourth-order valence-corrected chi connectivity index (χ4v) is 4.98. The summed E-state index contributed by atoms with van der Waals surface area (Å²) < 4.78 is 12.5. The van der Waals surface area contributed by atoms with Crippen molar-refractivity contribution in [1.29, 1.82) is 0 Å². The van der Waals surface area contributed by atoms with Crippen molar-refractivity contribution < 1.29 is 19.1 Å². The highest BCUT2D eigenvalue weighted by Crippen LogP contribution is 2.35. The molecule has 10 heteroatoms. The first kappa shape index (κ1) is 26.3. The number of aryl methyl sites for hydroxylation is 1. The Bertz CT molecular complexity index is 1620. The lowest BCUT2D eigenvalue weighted by Crippen LogP contribution is -2.30. The molecule has 0 fully saturated rings. The van der Waals surface area contributed by atoms with Gasteiger partial charge in [-0.25, -0.2) is 4.98 Å². The van der Waals surface area contributed by atoms with Gasteiger partial charge in [0.2, 0.25) is 12.7 Å². The van der Waals surface area contributed by atoms with Gasteiger partial charge in [-0.2, -0.15) is 0 Å². The smallest absolute Gasteiger partial charge is 0.262 e. The highest BCUT2D eigenvalue weighted by Gasteiger charge is 2.20. The third-order valence-electron chi connectivity index (χ3n) is 6.02. The van der Waals surface area contributed by atoms with Gasteiger partial charge in [-0.05, 0) is 62.2 Å². The van der Waals surface area contributed by atoms with Gasteiger partial charge in [0.1, 0.15) is 0 Å². The Morgan fingerprint density at radius 1 is 1.05 bits per heavy atom. The number of hydrogen-bond donors (Lipinski definition) is 2. The third kappa shape index (κ3) is 6.06. The van der Waals surface area contributed by atoms with Crippen LogP contribution in [-0.4, -0.2) is 40.0 Å². The maximum atomic E-state index is 13.7. The molecule has 0 saturated heterocycles. The van der Waals surface area contributed by atoms with Crippen LogP contribution >= 0.6 is 11.8 Å². The summed E-state index contributed by atoms with van der Waals surface area (Å²) in [6.07, 6.45) is 0. The van der Waals surface area contributed by atoms with Gasteiger partial charge in [0, 0.05) is 23.4 Å². The monoisotopic (exact) mass is 544 g/mol. The number of nitrogens with one attached hydrogen (secondary N) is 2. The Hall–Kier alpha value is -4.31. The summed E-state index contributed by atoms with van der Waals surface area (Å²) >= 11 is 1.18. The molecule has 0 spiro atoms. The van der Waals surface area contributed by atoms with Crippen LogP contribution in [0.2, 0.25) is 0 Å². The van der Waals surface area contributed by atoms with Crippen molar-refractivity contribution in [2.45, 2.75) is 38.5 Å². The van der Waals surface area contributed by atoms with E-state index in [0.29, 0.717) is 38.8 Å². The summed E-state index contributed by atoms with van der Waals surface area (Å²) in [6.45, 7) is 6.05. The lowest BCUT2D eigenvalue weighted by Gasteiger charge is -2.14. The van der Waals surface area contributed by atoms with Gasteiger partial charge in [-0.3, -0.25) is 19.0 Å². The number of benzene rings is 3. The van der Waals surface area contributed by atoms with E-state index in [4.69, 9.17) is 14.5 Å². The zero-order valence-electron chi connectivity index (χ0n) is 21.8. The first-order valence-electron chi connectivity index (χ1n) is 12.5. The number of thioether (sulfide) groups is 1. The molecule has 0 bridgehead atoms. The first-order chi connectivity index (χ1) is 18.8. The number of nitrogens with zero attached hydrogens (tertiary/aromatic N) is 2. The van der Waals surface area contributed by atoms with E-state index in [1.165, 1.54) is 11.8 Å². The predicted octanol–water partition coefficient (Wildman–Crippen LogP) is 4.35. The molecular weight excluding hydrogens is 516 g/mol. The van der Waals surface area contributed by atoms with Crippen LogP contribution in [0.5, 0.6) is 11.5 Å². The van der Waals surface area contributed by atoms with Gasteiger partial charge in [-0.1, -0.05) is 36.0 Å². The van der Waals surface area contributed by atoms with Crippen LogP contribution in [0, 0.1) is 6.92 Å². The maximum absolute atomic E-state index is 13.7. The van der Waals surface area contributed by atoms with Gasteiger partial charge in [0.25, 0.3) is 11.5 Å². The van der Waals surface area contributed by atoms with Crippen LogP contribution in [0.15, 0.2) is 70.6 Å². The lowest BCUT2D eigenvalue weighted by molar-refractivity contribution is -0.113. The molecule has 5 rings (SSSR count). The number of anilines is 1. The minimum Gasteiger partial charge on any atom is -0.454 e. The summed E-state index contributed by atoms with van der Waals surface area (Å²) in [7, 11) is 0. The molecule has 1 aromatic heterocycles.